The predicted octanol–water partition coefficient (Wildman–Crippen LogP) is 2.34. The summed E-state index contributed by atoms with van der Waals surface area (Å²) < 4.78 is 4.61. The maximum absolute atomic E-state index is 11.0. The van der Waals surface area contributed by atoms with Gasteiger partial charge in [-0.3, -0.25) is 9.78 Å². The molecule has 2 aromatic rings. The normalized spacial score (nSPS) is 10.3. The fraction of sp³-hybridized carbons (Fsp3) is 0.231. The third kappa shape index (κ3) is 2.37. The molecule has 82 valence electrons. The Morgan fingerprint density at radius 1 is 1.31 bits per heavy atom. The molecule has 1 aromatic carbocycles. The lowest BCUT2D eigenvalue weighted by Gasteiger charge is -2.02. The van der Waals surface area contributed by atoms with Gasteiger partial charge in [0.25, 0.3) is 0 Å². The Hall–Kier alpha value is -1.90. The first kappa shape index (κ1) is 10.6. The molecule has 0 fully saturated rings. The molecule has 0 atom stereocenters. The van der Waals surface area contributed by atoms with Crippen molar-refractivity contribution in [1.82, 2.24) is 4.98 Å². The van der Waals surface area contributed by atoms with Crippen LogP contribution in [0, 0.1) is 0 Å². The molecule has 0 bridgehead atoms. The van der Waals surface area contributed by atoms with Crippen molar-refractivity contribution in [3.8, 4) is 0 Å². The van der Waals surface area contributed by atoms with Gasteiger partial charge >= 0.3 is 5.97 Å². The number of hydrogen-bond donors (Lipinski definition) is 0. The molecule has 2 rings (SSSR count). The Morgan fingerprint density at radius 3 is 3.00 bits per heavy atom. The van der Waals surface area contributed by atoms with Crippen LogP contribution < -0.4 is 0 Å². The molecule has 0 amide bonds. The Kier molecular flexibility index (Phi) is 3.15. The summed E-state index contributed by atoms with van der Waals surface area (Å²) in [6.07, 6.45) is 4.74. The summed E-state index contributed by atoms with van der Waals surface area (Å²) >= 11 is 0. The van der Waals surface area contributed by atoms with Gasteiger partial charge in [-0.1, -0.05) is 18.2 Å². The lowest BCUT2D eigenvalue weighted by Crippen LogP contribution is -2.01. The largest absolute Gasteiger partial charge is 0.469 e. The summed E-state index contributed by atoms with van der Waals surface area (Å²) in [6.45, 7) is 0. The molecule has 1 heterocycles. The minimum atomic E-state index is -0.171. The molecule has 0 spiro atoms. The van der Waals surface area contributed by atoms with E-state index >= 15 is 0 Å². The maximum Gasteiger partial charge on any atom is 0.305 e. The fourth-order valence-corrected chi connectivity index (χ4v) is 1.64. The summed E-state index contributed by atoms with van der Waals surface area (Å²) in [4.78, 5) is 15.1. The number of hydrogen-bond acceptors (Lipinski definition) is 3. The predicted molar refractivity (Wildman–Crippen MR) is 62.1 cm³/mol. The zero-order chi connectivity index (χ0) is 11.4. The molecular weight excluding hydrogens is 202 g/mol. The van der Waals surface area contributed by atoms with Gasteiger partial charge < -0.3 is 4.74 Å². The van der Waals surface area contributed by atoms with E-state index < -0.39 is 0 Å². The minimum absolute atomic E-state index is 0.171. The van der Waals surface area contributed by atoms with E-state index in [4.69, 9.17) is 0 Å². The number of methoxy groups -OCH3 is 1. The van der Waals surface area contributed by atoms with Crippen molar-refractivity contribution in [3.05, 3.63) is 42.2 Å². The molecule has 0 radical (unpaired) electrons. The Bertz CT molecular complexity index is 508. The van der Waals surface area contributed by atoms with Crippen molar-refractivity contribution in [2.24, 2.45) is 0 Å². The molecule has 0 unspecified atom stereocenters. The Labute approximate surface area is 94.1 Å². The van der Waals surface area contributed by atoms with Crippen molar-refractivity contribution in [2.45, 2.75) is 12.8 Å². The number of fused-ring (bicyclic) bond motifs is 1. The first-order chi connectivity index (χ1) is 7.79. The van der Waals surface area contributed by atoms with Gasteiger partial charge in [-0.2, -0.15) is 0 Å². The topological polar surface area (TPSA) is 39.2 Å². The van der Waals surface area contributed by atoms with Gasteiger partial charge in [0.2, 0.25) is 0 Å². The van der Waals surface area contributed by atoms with Gasteiger partial charge in [0.1, 0.15) is 0 Å². The van der Waals surface area contributed by atoms with Crippen molar-refractivity contribution < 1.29 is 9.53 Å². The SMILES string of the molecule is COC(=O)CCc1ccc2cnccc2c1. The number of benzene rings is 1. The van der Waals surface area contributed by atoms with E-state index in [1.807, 2.05) is 24.4 Å². The average Bonchev–Trinajstić information content (AvgIpc) is 2.35. The maximum atomic E-state index is 11.0. The summed E-state index contributed by atoms with van der Waals surface area (Å²) in [5.74, 6) is -0.171. The molecule has 0 aliphatic carbocycles. The summed E-state index contributed by atoms with van der Waals surface area (Å²) in [5.41, 5.74) is 1.14. The van der Waals surface area contributed by atoms with Crippen molar-refractivity contribution in [1.29, 1.82) is 0 Å². The third-order valence-electron chi connectivity index (χ3n) is 2.55. The minimum Gasteiger partial charge on any atom is -0.469 e. The zero-order valence-corrected chi connectivity index (χ0v) is 9.14. The molecule has 16 heavy (non-hydrogen) atoms. The van der Waals surface area contributed by atoms with Crippen molar-refractivity contribution in [2.75, 3.05) is 7.11 Å². The molecule has 0 saturated heterocycles. The number of aromatic nitrogens is 1. The van der Waals surface area contributed by atoms with E-state index in [2.05, 4.69) is 15.8 Å². The van der Waals surface area contributed by atoms with Crippen LogP contribution in [-0.4, -0.2) is 18.1 Å². The molecule has 0 aliphatic heterocycles. The summed E-state index contributed by atoms with van der Waals surface area (Å²) in [7, 11) is 1.41. The number of carbonyl (C=O) groups excluding carboxylic acids is 1. The van der Waals surface area contributed by atoms with E-state index in [-0.39, 0.29) is 5.97 Å². The van der Waals surface area contributed by atoms with Crippen molar-refractivity contribution in [3.63, 3.8) is 0 Å². The van der Waals surface area contributed by atoms with Crippen molar-refractivity contribution >= 4 is 16.7 Å². The van der Waals surface area contributed by atoms with Crippen LogP contribution in [0.3, 0.4) is 0 Å². The number of esters is 1. The standard InChI is InChI=1S/C13H13NO2/c1-16-13(15)5-3-10-2-4-12-9-14-7-6-11(12)8-10/h2,4,6-9H,3,5H2,1H3. The fourth-order valence-electron chi connectivity index (χ4n) is 1.64. The number of aryl methyl sites for hydroxylation is 1. The first-order valence-electron chi connectivity index (χ1n) is 5.19. The molecule has 3 nitrogen and oxygen atoms in total. The van der Waals surface area contributed by atoms with Crippen LogP contribution in [-0.2, 0) is 16.0 Å². The molecule has 0 aliphatic rings. The van der Waals surface area contributed by atoms with Crippen LogP contribution in [0.2, 0.25) is 0 Å². The number of ether oxygens (including phenoxy) is 1. The van der Waals surface area contributed by atoms with Crippen LogP contribution in [0.1, 0.15) is 12.0 Å². The summed E-state index contributed by atoms with van der Waals surface area (Å²) in [6, 6.07) is 8.10. The van der Waals surface area contributed by atoms with E-state index in [0.29, 0.717) is 12.8 Å². The van der Waals surface area contributed by atoms with Gasteiger partial charge in [-0.25, -0.2) is 0 Å². The molecule has 3 heteroatoms. The zero-order valence-electron chi connectivity index (χ0n) is 9.14. The molecular formula is C13H13NO2. The van der Waals surface area contributed by atoms with Gasteiger partial charge in [0.05, 0.1) is 7.11 Å². The molecule has 1 aromatic heterocycles. The Balaban J connectivity index is 2.16. The van der Waals surface area contributed by atoms with Crippen LogP contribution in [0.25, 0.3) is 10.8 Å². The second-order valence-electron chi connectivity index (χ2n) is 3.63. The number of nitrogens with zero attached hydrogens (tertiary/aromatic N) is 1. The van der Waals surface area contributed by atoms with E-state index in [1.165, 1.54) is 7.11 Å². The van der Waals surface area contributed by atoms with Gasteiger partial charge in [0.15, 0.2) is 0 Å². The average molecular weight is 215 g/mol. The highest BCUT2D eigenvalue weighted by Crippen LogP contribution is 2.15. The number of carbonyl (C=O) groups is 1. The van der Waals surface area contributed by atoms with Crippen LogP contribution >= 0.6 is 0 Å². The van der Waals surface area contributed by atoms with Gasteiger partial charge in [0, 0.05) is 24.2 Å². The lowest BCUT2D eigenvalue weighted by molar-refractivity contribution is -0.140. The smallest absolute Gasteiger partial charge is 0.305 e. The Morgan fingerprint density at radius 2 is 2.19 bits per heavy atom. The third-order valence-corrected chi connectivity index (χ3v) is 2.55. The van der Waals surface area contributed by atoms with Gasteiger partial charge in [-0.05, 0) is 23.4 Å². The quantitative estimate of drug-likeness (QED) is 0.738. The monoisotopic (exact) mass is 215 g/mol. The summed E-state index contributed by atoms with van der Waals surface area (Å²) in [5, 5.41) is 2.27. The second kappa shape index (κ2) is 4.75. The van der Waals surface area contributed by atoms with E-state index in [0.717, 1.165) is 16.3 Å². The van der Waals surface area contributed by atoms with E-state index in [9.17, 15) is 4.79 Å². The molecule has 0 saturated carbocycles. The highest BCUT2D eigenvalue weighted by atomic mass is 16.5. The second-order valence-corrected chi connectivity index (χ2v) is 3.63. The van der Waals surface area contributed by atoms with E-state index in [1.54, 1.807) is 6.20 Å². The number of pyridine rings is 1. The highest BCUT2D eigenvalue weighted by Gasteiger charge is 2.02. The molecule has 0 N–H and O–H groups in total. The van der Waals surface area contributed by atoms with Gasteiger partial charge in [-0.15, -0.1) is 0 Å². The number of rotatable bonds is 3. The lowest BCUT2D eigenvalue weighted by atomic mass is 10.1. The van der Waals surface area contributed by atoms with Crippen LogP contribution in [0.4, 0.5) is 0 Å². The first-order valence-corrected chi connectivity index (χ1v) is 5.19. The van der Waals surface area contributed by atoms with Crippen LogP contribution in [0.15, 0.2) is 36.7 Å². The van der Waals surface area contributed by atoms with Crippen LogP contribution in [0.5, 0.6) is 0 Å². The highest BCUT2D eigenvalue weighted by molar-refractivity contribution is 5.82.